The fourth-order valence-corrected chi connectivity index (χ4v) is 2.12. The molecular weight excluding hydrogens is 196 g/mol. The van der Waals surface area contributed by atoms with E-state index in [2.05, 4.69) is 18.0 Å². The maximum absolute atomic E-state index is 5.78. The number of rotatable bonds is 0. The first kappa shape index (κ1) is 9.16. The average Bonchev–Trinajstić information content (AvgIpc) is 2.29. The van der Waals surface area contributed by atoms with Gasteiger partial charge >= 0.3 is 0 Å². The molecule has 0 saturated heterocycles. The number of anilines is 1. The number of pyridine rings is 1. The van der Waals surface area contributed by atoms with E-state index >= 15 is 0 Å². The monoisotopic (exact) mass is 208 g/mol. The van der Waals surface area contributed by atoms with Crippen LogP contribution in [-0.4, -0.2) is 4.98 Å². The summed E-state index contributed by atoms with van der Waals surface area (Å²) in [5.41, 5.74) is 9.80. The highest BCUT2D eigenvalue weighted by Gasteiger charge is 2.04. The second kappa shape index (κ2) is 3.20. The van der Waals surface area contributed by atoms with Crippen LogP contribution in [0.2, 0.25) is 0 Å². The number of hydrogen-bond donors (Lipinski definition) is 1. The van der Waals surface area contributed by atoms with Crippen molar-refractivity contribution in [2.24, 2.45) is 0 Å². The second-order valence-electron chi connectivity index (χ2n) is 4.03. The molecule has 0 amide bonds. The zero-order chi connectivity index (χ0) is 11.1. The van der Waals surface area contributed by atoms with Gasteiger partial charge in [0.25, 0.3) is 0 Å². The lowest BCUT2D eigenvalue weighted by Crippen LogP contribution is -1.90. The van der Waals surface area contributed by atoms with Crippen molar-refractivity contribution in [2.45, 2.75) is 6.92 Å². The number of nitrogens with two attached hydrogens (primary N) is 1. The van der Waals surface area contributed by atoms with Gasteiger partial charge in [-0.1, -0.05) is 24.3 Å². The SMILES string of the molecule is Cc1c2ccccc2nc2cc(N)ccc12. The van der Waals surface area contributed by atoms with Crippen molar-refractivity contribution in [3.05, 3.63) is 48.0 Å². The van der Waals surface area contributed by atoms with Gasteiger partial charge in [0.2, 0.25) is 0 Å². The molecule has 0 radical (unpaired) electrons. The highest BCUT2D eigenvalue weighted by atomic mass is 14.7. The first-order valence-corrected chi connectivity index (χ1v) is 5.30. The summed E-state index contributed by atoms with van der Waals surface area (Å²) in [4.78, 5) is 4.62. The van der Waals surface area contributed by atoms with Gasteiger partial charge < -0.3 is 5.73 Å². The van der Waals surface area contributed by atoms with Crippen LogP contribution in [0.15, 0.2) is 42.5 Å². The molecule has 0 aliphatic carbocycles. The van der Waals surface area contributed by atoms with E-state index in [-0.39, 0.29) is 0 Å². The first-order valence-electron chi connectivity index (χ1n) is 5.30. The number of fused-ring (bicyclic) bond motifs is 2. The van der Waals surface area contributed by atoms with Gasteiger partial charge in [-0.15, -0.1) is 0 Å². The minimum atomic E-state index is 0.759. The normalized spacial score (nSPS) is 11.1. The molecule has 3 rings (SSSR count). The molecule has 0 saturated carbocycles. The Bertz CT molecular complexity index is 687. The van der Waals surface area contributed by atoms with Crippen molar-refractivity contribution in [3.63, 3.8) is 0 Å². The summed E-state index contributed by atoms with van der Waals surface area (Å²) in [5.74, 6) is 0. The molecule has 2 N–H and O–H groups in total. The molecule has 0 spiro atoms. The molecule has 78 valence electrons. The van der Waals surface area contributed by atoms with E-state index in [1.807, 2.05) is 36.4 Å². The van der Waals surface area contributed by atoms with Gasteiger partial charge in [0.05, 0.1) is 11.0 Å². The third-order valence-corrected chi connectivity index (χ3v) is 2.97. The molecule has 1 aromatic heterocycles. The van der Waals surface area contributed by atoms with E-state index in [4.69, 9.17) is 5.73 Å². The molecule has 3 aromatic rings. The first-order chi connectivity index (χ1) is 7.75. The summed E-state index contributed by atoms with van der Waals surface area (Å²) in [7, 11) is 0. The smallest absolute Gasteiger partial charge is 0.0732 e. The number of aromatic nitrogens is 1. The number of nitrogen functional groups attached to an aromatic ring is 1. The van der Waals surface area contributed by atoms with E-state index < -0.39 is 0 Å². The molecule has 16 heavy (non-hydrogen) atoms. The largest absolute Gasteiger partial charge is 0.399 e. The molecule has 0 aliphatic rings. The number of hydrogen-bond acceptors (Lipinski definition) is 2. The van der Waals surface area contributed by atoms with Crippen molar-refractivity contribution in [2.75, 3.05) is 5.73 Å². The predicted molar refractivity (Wildman–Crippen MR) is 68.4 cm³/mol. The van der Waals surface area contributed by atoms with E-state index in [9.17, 15) is 0 Å². The van der Waals surface area contributed by atoms with E-state index in [0.29, 0.717) is 0 Å². The third-order valence-electron chi connectivity index (χ3n) is 2.97. The molecule has 1 heterocycles. The van der Waals surface area contributed by atoms with Gasteiger partial charge in [0.15, 0.2) is 0 Å². The topological polar surface area (TPSA) is 38.9 Å². The Kier molecular flexibility index (Phi) is 1.83. The summed E-state index contributed by atoms with van der Waals surface area (Å²) < 4.78 is 0. The summed E-state index contributed by atoms with van der Waals surface area (Å²) >= 11 is 0. The highest BCUT2D eigenvalue weighted by molar-refractivity contribution is 5.97. The van der Waals surface area contributed by atoms with Crippen LogP contribution in [0.25, 0.3) is 21.8 Å². The number of aryl methyl sites for hydroxylation is 1. The maximum Gasteiger partial charge on any atom is 0.0732 e. The Balaban J connectivity index is 2.55. The standard InChI is InChI=1S/C14H12N2/c1-9-11-4-2-3-5-13(11)16-14-8-10(15)6-7-12(9)14/h2-8H,15H2,1H3. The van der Waals surface area contributed by atoms with Crippen LogP contribution in [0, 0.1) is 6.92 Å². The molecule has 0 aliphatic heterocycles. The summed E-state index contributed by atoms with van der Waals surface area (Å²) in [6, 6.07) is 14.1. The highest BCUT2D eigenvalue weighted by Crippen LogP contribution is 2.26. The molecule has 0 fully saturated rings. The molecule has 0 unspecified atom stereocenters. The quantitative estimate of drug-likeness (QED) is 0.455. The van der Waals surface area contributed by atoms with E-state index in [0.717, 1.165) is 16.7 Å². The van der Waals surface area contributed by atoms with Gasteiger partial charge in [-0.2, -0.15) is 0 Å². The van der Waals surface area contributed by atoms with Gasteiger partial charge in [-0.25, -0.2) is 4.98 Å². The minimum Gasteiger partial charge on any atom is -0.399 e. The van der Waals surface area contributed by atoms with Crippen LogP contribution in [0.3, 0.4) is 0 Å². The second-order valence-corrected chi connectivity index (χ2v) is 4.03. The molecule has 2 aromatic carbocycles. The molecule has 0 bridgehead atoms. The zero-order valence-electron chi connectivity index (χ0n) is 9.07. The Morgan fingerprint density at radius 3 is 2.56 bits per heavy atom. The third kappa shape index (κ3) is 1.23. The summed E-state index contributed by atoms with van der Waals surface area (Å²) in [5, 5.41) is 2.38. The van der Waals surface area contributed by atoms with Gasteiger partial charge in [-0.05, 0) is 30.7 Å². The van der Waals surface area contributed by atoms with Crippen molar-refractivity contribution in [1.29, 1.82) is 0 Å². The lowest BCUT2D eigenvalue weighted by Gasteiger charge is -2.06. The predicted octanol–water partition coefficient (Wildman–Crippen LogP) is 3.28. The Morgan fingerprint density at radius 2 is 1.69 bits per heavy atom. The van der Waals surface area contributed by atoms with Crippen molar-refractivity contribution in [1.82, 2.24) is 4.98 Å². The van der Waals surface area contributed by atoms with Crippen LogP contribution >= 0.6 is 0 Å². The van der Waals surface area contributed by atoms with Gasteiger partial charge in [-0.3, -0.25) is 0 Å². The van der Waals surface area contributed by atoms with Crippen LogP contribution in [0.5, 0.6) is 0 Å². The average molecular weight is 208 g/mol. The van der Waals surface area contributed by atoms with E-state index in [1.54, 1.807) is 0 Å². The van der Waals surface area contributed by atoms with Crippen LogP contribution in [0.4, 0.5) is 5.69 Å². The fraction of sp³-hybridized carbons (Fsp3) is 0.0714. The van der Waals surface area contributed by atoms with Crippen molar-refractivity contribution < 1.29 is 0 Å². The molecule has 2 heteroatoms. The molecule has 0 atom stereocenters. The summed E-state index contributed by atoms with van der Waals surface area (Å²) in [6.45, 7) is 2.13. The van der Waals surface area contributed by atoms with Crippen molar-refractivity contribution in [3.8, 4) is 0 Å². The van der Waals surface area contributed by atoms with Crippen molar-refractivity contribution >= 4 is 27.5 Å². The number of para-hydroxylation sites is 1. The molecule has 2 nitrogen and oxygen atoms in total. The minimum absolute atomic E-state index is 0.759. The summed E-state index contributed by atoms with van der Waals surface area (Å²) in [6.07, 6.45) is 0. The Labute approximate surface area is 93.7 Å². The number of benzene rings is 2. The van der Waals surface area contributed by atoms with Crippen LogP contribution in [0.1, 0.15) is 5.56 Å². The lowest BCUT2D eigenvalue weighted by molar-refractivity contribution is 1.45. The lowest BCUT2D eigenvalue weighted by atomic mass is 10.0. The van der Waals surface area contributed by atoms with Crippen LogP contribution < -0.4 is 5.73 Å². The van der Waals surface area contributed by atoms with Gasteiger partial charge in [0, 0.05) is 16.5 Å². The van der Waals surface area contributed by atoms with E-state index in [1.165, 1.54) is 16.3 Å². The fourth-order valence-electron chi connectivity index (χ4n) is 2.12. The maximum atomic E-state index is 5.78. The number of nitrogens with zero attached hydrogens (tertiary/aromatic N) is 1. The Morgan fingerprint density at radius 1 is 0.938 bits per heavy atom. The van der Waals surface area contributed by atoms with Gasteiger partial charge in [0.1, 0.15) is 0 Å². The Hall–Kier alpha value is -2.09. The zero-order valence-corrected chi connectivity index (χ0v) is 9.07. The van der Waals surface area contributed by atoms with Crippen LogP contribution in [-0.2, 0) is 0 Å². The molecular formula is C14H12N2.